The van der Waals surface area contributed by atoms with E-state index in [1.165, 1.54) is 10.5 Å². The maximum absolute atomic E-state index is 5.52. The number of benzene rings is 1. The van der Waals surface area contributed by atoms with Crippen molar-refractivity contribution in [3.05, 3.63) is 29.8 Å². The quantitative estimate of drug-likeness (QED) is 0.596. The lowest BCUT2D eigenvalue weighted by atomic mass is 10.2. The zero-order valence-corrected chi connectivity index (χ0v) is 9.68. The summed E-state index contributed by atoms with van der Waals surface area (Å²) < 4.78 is 0. The second-order valence-corrected chi connectivity index (χ2v) is 4.61. The highest BCUT2D eigenvalue weighted by Crippen LogP contribution is 2.17. The van der Waals surface area contributed by atoms with Crippen molar-refractivity contribution in [2.24, 2.45) is 5.73 Å². The van der Waals surface area contributed by atoms with E-state index in [9.17, 15) is 0 Å². The predicted molar refractivity (Wildman–Crippen MR) is 63.4 cm³/mol. The molecule has 0 fully saturated rings. The van der Waals surface area contributed by atoms with Crippen molar-refractivity contribution in [3.8, 4) is 0 Å². The van der Waals surface area contributed by atoms with Crippen LogP contribution in [0.15, 0.2) is 29.2 Å². The van der Waals surface area contributed by atoms with E-state index in [2.05, 4.69) is 36.1 Å². The summed E-state index contributed by atoms with van der Waals surface area (Å²) in [6.45, 7) is 3.69. The van der Waals surface area contributed by atoms with Gasteiger partial charge >= 0.3 is 0 Å². The molecule has 0 heterocycles. The molecule has 0 bridgehead atoms. The van der Waals surface area contributed by atoms with Crippen LogP contribution in [0.5, 0.6) is 0 Å². The van der Waals surface area contributed by atoms with Gasteiger partial charge in [-0.2, -0.15) is 0 Å². The van der Waals surface area contributed by atoms with Gasteiger partial charge in [-0.1, -0.05) is 19.1 Å². The smallest absolute Gasteiger partial charge is 0.0455 e. The van der Waals surface area contributed by atoms with Crippen LogP contribution in [0.25, 0.3) is 0 Å². The fourth-order valence-corrected chi connectivity index (χ4v) is 1.90. The third-order valence-corrected chi connectivity index (χ3v) is 2.89. The normalized spacial score (nSPS) is 10.9. The van der Waals surface area contributed by atoms with Crippen LogP contribution >= 0.6 is 11.8 Å². The van der Waals surface area contributed by atoms with Gasteiger partial charge in [0, 0.05) is 18.1 Å². The molecule has 2 nitrogen and oxygen atoms in total. The van der Waals surface area contributed by atoms with Crippen molar-refractivity contribution in [3.63, 3.8) is 0 Å². The van der Waals surface area contributed by atoms with Crippen LogP contribution in [-0.2, 0) is 6.54 Å². The summed E-state index contributed by atoms with van der Waals surface area (Å²) in [6, 6.07) is 8.69. The molecule has 0 spiro atoms. The number of rotatable bonds is 5. The minimum absolute atomic E-state index is 0.603. The van der Waals surface area contributed by atoms with Gasteiger partial charge in [0.2, 0.25) is 0 Å². The average Bonchev–Trinajstić information content (AvgIpc) is 2.21. The Morgan fingerprint density at radius 1 is 1.29 bits per heavy atom. The Kier molecular flexibility index (Phi) is 5.01. The number of nitrogens with two attached hydrogens (primary N) is 1. The first-order valence-corrected chi connectivity index (χ1v) is 5.85. The van der Waals surface area contributed by atoms with E-state index in [0.29, 0.717) is 6.67 Å². The third-order valence-electron chi connectivity index (χ3n) is 2.00. The molecule has 0 radical (unpaired) electrons. The van der Waals surface area contributed by atoms with Crippen molar-refractivity contribution < 1.29 is 0 Å². The topological polar surface area (TPSA) is 29.3 Å². The summed E-state index contributed by atoms with van der Waals surface area (Å²) in [7, 11) is 2.02. The van der Waals surface area contributed by atoms with Crippen LogP contribution < -0.4 is 5.73 Å². The van der Waals surface area contributed by atoms with E-state index in [-0.39, 0.29) is 0 Å². The minimum Gasteiger partial charge on any atom is -0.318 e. The van der Waals surface area contributed by atoms with Gasteiger partial charge in [0.25, 0.3) is 0 Å². The van der Waals surface area contributed by atoms with E-state index in [1.807, 2.05) is 18.8 Å². The molecule has 2 N–H and O–H groups in total. The van der Waals surface area contributed by atoms with Gasteiger partial charge in [-0.05, 0) is 30.5 Å². The van der Waals surface area contributed by atoms with Crippen molar-refractivity contribution in [2.75, 3.05) is 19.5 Å². The monoisotopic (exact) mass is 210 g/mol. The van der Waals surface area contributed by atoms with Gasteiger partial charge in [-0.25, -0.2) is 0 Å². The molecule has 0 aliphatic rings. The van der Waals surface area contributed by atoms with Gasteiger partial charge in [0.1, 0.15) is 0 Å². The molecule has 1 aromatic rings. The fraction of sp³-hybridized carbons (Fsp3) is 0.455. The molecule has 14 heavy (non-hydrogen) atoms. The van der Waals surface area contributed by atoms with Gasteiger partial charge in [0.05, 0.1) is 0 Å². The Balaban J connectivity index is 2.54. The standard InChI is InChI=1S/C11H18N2S/c1-3-14-11-6-4-10(5-7-11)8-13(2)9-12/h4-7H,3,8-9,12H2,1-2H3. The first kappa shape index (κ1) is 11.6. The summed E-state index contributed by atoms with van der Waals surface area (Å²) in [6.07, 6.45) is 0. The second-order valence-electron chi connectivity index (χ2n) is 3.27. The molecule has 0 unspecified atom stereocenters. The average molecular weight is 210 g/mol. The van der Waals surface area contributed by atoms with Crippen LogP contribution in [0.4, 0.5) is 0 Å². The Morgan fingerprint density at radius 3 is 2.43 bits per heavy atom. The summed E-state index contributed by atoms with van der Waals surface area (Å²) >= 11 is 1.87. The first-order chi connectivity index (χ1) is 6.76. The Bertz CT molecular complexity index is 258. The second kappa shape index (κ2) is 6.06. The molecule has 0 saturated heterocycles. The van der Waals surface area contributed by atoms with Crippen LogP contribution in [0, 0.1) is 0 Å². The van der Waals surface area contributed by atoms with E-state index in [0.717, 1.165) is 12.3 Å². The minimum atomic E-state index is 0.603. The summed E-state index contributed by atoms with van der Waals surface area (Å²) in [5.74, 6) is 1.13. The molecule has 3 heteroatoms. The molecule has 0 atom stereocenters. The van der Waals surface area contributed by atoms with E-state index in [1.54, 1.807) is 0 Å². The molecular weight excluding hydrogens is 192 g/mol. The molecule has 0 aliphatic carbocycles. The number of nitrogens with zero attached hydrogens (tertiary/aromatic N) is 1. The van der Waals surface area contributed by atoms with Crippen molar-refractivity contribution in [1.82, 2.24) is 4.90 Å². The van der Waals surface area contributed by atoms with Crippen molar-refractivity contribution >= 4 is 11.8 Å². The highest BCUT2D eigenvalue weighted by Gasteiger charge is 1.97. The summed E-state index contributed by atoms with van der Waals surface area (Å²) in [4.78, 5) is 3.42. The molecule has 0 saturated carbocycles. The van der Waals surface area contributed by atoms with E-state index >= 15 is 0 Å². The van der Waals surface area contributed by atoms with Gasteiger partial charge in [-0.15, -0.1) is 11.8 Å². The van der Waals surface area contributed by atoms with Crippen molar-refractivity contribution in [1.29, 1.82) is 0 Å². The van der Waals surface area contributed by atoms with Crippen LogP contribution in [0.1, 0.15) is 12.5 Å². The predicted octanol–water partition coefficient (Wildman–Crippen LogP) is 2.15. The molecular formula is C11H18N2S. The largest absolute Gasteiger partial charge is 0.318 e. The summed E-state index contributed by atoms with van der Waals surface area (Å²) in [5, 5.41) is 0. The van der Waals surface area contributed by atoms with E-state index < -0.39 is 0 Å². The first-order valence-electron chi connectivity index (χ1n) is 4.86. The number of hydrogen-bond acceptors (Lipinski definition) is 3. The molecule has 0 aromatic heterocycles. The van der Waals surface area contributed by atoms with Gasteiger partial charge in [0.15, 0.2) is 0 Å². The SMILES string of the molecule is CCSc1ccc(CN(C)CN)cc1. The number of hydrogen-bond donors (Lipinski definition) is 1. The molecule has 0 aliphatic heterocycles. The van der Waals surface area contributed by atoms with Crippen molar-refractivity contribution in [2.45, 2.75) is 18.4 Å². The molecule has 1 rings (SSSR count). The van der Waals surface area contributed by atoms with E-state index in [4.69, 9.17) is 5.73 Å². The lowest BCUT2D eigenvalue weighted by molar-refractivity contribution is 0.337. The van der Waals surface area contributed by atoms with Crippen LogP contribution in [-0.4, -0.2) is 24.4 Å². The molecule has 78 valence electrons. The molecule has 0 amide bonds. The highest BCUT2D eigenvalue weighted by atomic mass is 32.2. The lowest BCUT2D eigenvalue weighted by Crippen LogP contribution is -2.24. The Hall–Kier alpha value is -0.510. The van der Waals surface area contributed by atoms with Crippen LogP contribution in [0.2, 0.25) is 0 Å². The van der Waals surface area contributed by atoms with Gasteiger partial charge in [-0.3, -0.25) is 4.90 Å². The number of thioether (sulfide) groups is 1. The lowest BCUT2D eigenvalue weighted by Gasteiger charge is -2.13. The fourth-order valence-electron chi connectivity index (χ4n) is 1.23. The zero-order chi connectivity index (χ0) is 10.4. The third kappa shape index (κ3) is 3.70. The maximum atomic E-state index is 5.52. The Labute approximate surface area is 90.5 Å². The van der Waals surface area contributed by atoms with Crippen LogP contribution in [0.3, 0.4) is 0 Å². The zero-order valence-electron chi connectivity index (χ0n) is 8.86. The summed E-state index contributed by atoms with van der Waals surface area (Å²) in [5.41, 5.74) is 6.84. The molecule has 1 aromatic carbocycles. The maximum Gasteiger partial charge on any atom is 0.0455 e. The Morgan fingerprint density at radius 2 is 1.93 bits per heavy atom. The van der Waals surface area contributed by atoms with Gasteiger partial charge < -0.3 is 5.73 Å². The highest BCUT2D eigenvalue weighted by molar-refractivity contribution is 7.99.